The number of nitrogens with zero attached hydrogens (tertiary/aromatic N) is 4. The van der Waals surface area contributed by atoms with Gasteiger partial charge in [-0.25, -0.2) is 14.8 Å². The lowest BCUT2D eigenvalue weighted by atomic mass is 9.91. The fourth-order valence-corrected chi connectivity index (χ4v) is 8.92. The van der Waals surface area contributed by atoms with Gasteiger partial charge >= 0.3 is 11.9 Å². The molecular weight excluding hydrogens is 763 g/mol. The van der Waals surface area contributed by atoms with Crippen LogP contribution in [0.25, 0.3) is 21.3 Å². The maximum atomic E-state index is 13.9. The van der Waals surface area contributed by atoms with Gasteiger partial charge < -0.3 is 19.1 Å². The van der Waals surface area contributed by atoms with Crippen molar-refractivity contribution in [2.24, 2.45) is 5.92 Å². The second-order valence-corrected chi connectivity index (χ2v) is 17.5. The van der Waals surface area contributed by atoms with E-state index in [1.807, 2.05) is 108 Å². The van der Waals surface area contributed by atoms with E-state index in [1.165, 1.54) is 11.3 Å². The van der Waals surface area contributed by atoms with Crippen molar-refractivity contribution < 1.29 is 28.6 Å². The number of carbonyl (C=O) groups is 3. The van der Waals surface area contributed by atoms with Gasteiger partial charge in [-0.05, 0) is 151 Å². The molecule has 0 aliphatic carbocycles. The Morgan fingerprint density at radius 1 is 0.932 bits per heavy atom. The number of piperidine rings is 1. The van der Waals surface area contributed by atoms with Crippen LogP contribution in [0.2, 0.25) is 0 Å². The molecule has 12 heteroatoms. The smallest absolute Gasteiger partial charge is 0.358 e. The predicted molar refractivity (Wildman–Crippen MR) is 233 cm³/mol. The van der Waals surface area contributed by atoms with E-state index in [1.54, 1.807) is 0 Å². The number of amides is 1. The first-order valence-electron chi connectivity index (χ1n) is 20.8. The number of hydrogen-bond donors (Lipinski definition) is 1. The normalized spacial score (nSPS) is 15.4. The lowest BCUT2D eigenvalue weighted by Crippen LogP contribution is -2.44. The molecule has 2 aromatic heterocycles. The Hall–Kier alpha value is -5.33. The molecule has 1 unspecified atom stereocenters. The number of rotatable bonds is 13. The molecule has 2 aliphatic heterocycles. The van der Waals surface area contributed by atoms with Gasteiger partial charge in [0, 0.05) is 24.2 Å². The van der Waals surface area contributed by atoms with Crippen molar-refractivity contribution in [3.8, 4) is 16.9 Å². The molecule has 3 aromatic carbocycles. The SMILES string of the molecule is CCOC(=O)C(C)N1CCC(CCCOc2cccc(-c3ccc(N4CCc5cccc(C(=O)Nc6nc7ccccc7s6)c5C4)nc3C(=O)OC(C)(C)C)c2C)CC1. The van der Waals surface area contributed by atoms with Gasteiger partial charge in [0.1, 0.15) is 23.2 Å². The van der Waals surface area contributed by atoms with E-state index in [-0.39, 0.29) is 23.6 Å². The van der Waals surface area contributed by atoms with Crippen LogP contribution in [-0.2, 0) is 27.2 Å². The molecule has 1 saturated heterocycles. The Balaban J connectivity index is 1.05. The van der Waals surface area contributed by atoms with Crippen molar-refractivity contribution in [3.05, 3.63) is 101 Å². The number of para-hydroxylation sites is 1. The predicted octanol–water partition coefficient (Wildman–Crippen LogP) is 9.26. The van der Waals surface area contributed by atoms with Crippen molar-refractivity contribution in [2.75, 3.05) is 43.1 Å². The van der Waals surface area contributed by atoms with Crippen molar-refractivity contribution in [3.63, 3.8) is 0 Å². The summed E-state index contributed by atoms with van der Waals surface area (Å²) in [6, 6.07) is 23.3. The number of pyridine rings is 1. The minimum absolute atomic E-state index is 0.145. The molecule has 1 fully saturated rings. The van der Waals surface area contributed by atoms with Gasteiger partial charge in [-0.3, -0.25) is 19.8 Å². The number of thiazole rings is 1. The first kappa shape index (κ1) is 41.8. The molecule has 1 N–H and O–H groups in total. The Morgan fingerprint density at radius 3 is 2.47 bits per heavy atom. The lowest BCUT2D eigenvalue weighted by Gasteiger charge is -2.34. The maximum Gasteiger partial charge on any atom is 0.358 e. The molecule has 0 spiro atoms. The van der Waals surface area contributed by atoms with Gasteiger partial charge in [-0.15, -0.1) is 0 Å². The topological polar surface area (TPSA) is 123 Å². The summed E-state index contributed by atoms with van der Waals surface area (Å²) in [6.07, 6.45) is 4.81. The zero-order chi connectivity index (χ0) is 41.7. The molecule has 59 heavy (non-hydrogen) atoms. The van der Waals surface area contributed by atoms with Crippen LogP contribution < -0.4 is 15.0 Å². The molecule has 5 aromatic rings. The number of aromatic nitrogens is 2. The van der Waals surface area contributed by atoms with Crippen LogP contribution in [0.5, 0.6) is 5.75 Å². The minimum atomic E-state index is -0.725. The third-order valence-electron chi connectivity index (χ3n) is 11.2. The van der Waals surface area contributed by atoms with Crippen LogP contribution in [-0.4, -0.2) is 77.2 Å². The molecule has 2 aliphatic rings. The van der Waals surface area contributed by atoms with Gasteiger partial charge in [0.05, 0.1) is 23.4 Å². The van der Waals surface area contributed by atoms with E-state index in [0.717, 1.165) is 83.4 Å². The van der Waals surface area contributed by atoms with Crippen molar-refractivity contribution in [1.82, 2.24) is 14.9 Å². The van der Waals surface area contributed by atoms with Gasteiger partial charge in [-0.2, -0.15) is 0 Å². The summed E-state index contributed by atoms with van der Waals surface area (Å²) in [7, 11) is 0. The van der Waals surface area contributed by atoms with E-state index < -0.39 is 11.6 Å². The van der Waals surface area contributed by atoms with Crippen molar-refractivity contribution >= 4 is 50.3 Å². The highest BCUT2D eigenvalue weighted by Crippen LogP contribution is 2.36. The third-order valence-corrected chi connectivity index (χ3v) is 12.2. The number of fused-ring (bicyclic) bond motifs is 2. The number of nitrogens with one attached hydrogen (secondary N) is 1. The van der Waals surface area contributed by atoms with Crippen molar-refractivity contribution in [1.29, 1.82) is 0 Å². The average molecular weight is 818 g/mol. The molecule has 1 amide bonds. The molecule has 0 saturated carbocycles. The van der Waals surface area contributed by atoms with E-state index in [2.05, 4.69) is 26.2 Å². The van der Waals surface area contributed by atoms with Crippen LogP contribution >= 0.6 is 11.3 Å². The van der Waals surface area contributed by atoms with Crippen LogP contribution in [0.1, 0.15) is 97.8 Å². The van der Waals surface area contributed by atoms with Crippen LogP contribution in [0.15, 0.2) is 72.8 Å². The van der Waals surface area contributed by atoms with Gasteiger partial charge in [0.2, 0.25) is 0 Å². The molecular formula is C47H55N5O6S. The zero-order valence-corrected chi connectivity index (χ0v) is 35.8. The highest BCUT2D eigenvalue weighted by molar-refractivity contribution is 7.22. The van der Waals surface area contributed by atoms with Gasteiger partial charge in [0.15, 0.2) is 10.8 Å². The number of anilines is 2. The van der Waals surface area contributed by atoms with E-state index >= 15 is 0 Å². The number of hydrogen-bond acceptors (Lipinski definition) is 11. The molecule has 310 valence electrons. The summed E-state index contributed by atoms with van der Waals surface area (Å²) < 4.78 is 18.5. The van der Waals surface area contributed by atoms with E-state index in [9.17, 15) is 14.4 Å². The second-order valence-electron chi connectivity index (χ2n) is 16.4. The number of carbonyl (C=O) groups excluding carboxylic acids is 3. The summed E-state index contributed by atoms with van der Waals surface area (Å²) in [4.78, 5) is 53.8. The fourth-order valence-electron chi connectivity index (χ4n) is 8.06. The Morgan fingerprint density at radius 2 is 1.71 bits per heavy atom. The summed E-state index contributed by atoms with van der Waals surface area (Å²) in [6.45, 7) is 15.2. The summed E-state index contributed by atoms with van der Waals surface area (Å²) in [5.74, 6) is 1.14. The Kier molecular flexibility index (Phi) is 13.0. The highest BCUT2D eigenvalue weighted by atomic mass is 32.1. The largest absolute Gasteiger partial charge is 0.493 e. The van der Waals surface area contributed by atoms with Crippen LogP contribution in [0.3, 0.4) is 0 Å². The first-order chi connectivity index (χ1) is 28.4. The van der Waals surface area contributed by atoms with E-state index in [4.69, 9.17) is 19.2 Å². The standard InChI is InChI=1S/C47H55N5O6S/c1-7-56-44(54)31(3)51-25-22-32(23-26-51)13-12-28-57-39-18-11-15-34(30(39)2)35-20-21-41(49-42(35)45(55)58-47(4,5)6)52-27-24-33-14-10-16-36(37(33)29-52)43(53)50-46-48-38-17-8-9-19-40(38)59-46/h8-11,14-21,31-32H,7,12-13,22-29H2,1-6H3,(H,48,50,53). The molecule has 4 heterocycles. The monoisotopic (exact) mass is 817 g/mol. The lowest BCUT2D eigenvalue weighted by molar-refractivity contribution is -0.149. The quantitative estimate of drug-likeness (QED) is 0.0909. The second kappa shape index (κ2) is 18.3. The minimum Gasteiger partial charge on any atom is -0.493 e. The third kappa shape index (κ3) is 9.93. The Labute approximate surface area is 351 Å². The van der Waals surface area contributed by atoms with Crippen LogP contribution in [0.4, 0.5) is 10.9 Å². The fraction of sp³-hybridized carbons (Fsp3) is 0.426. The van der Waals surface area contributed by atoms with Gasteiger partial charge in [-0.1, -0.05) is 47.7 Å². The van der Waals surface area contributed by atoms with E-state index in [0.29, 0.717) is 54.3 Å². The molecule has 1 atom stereocenters. The number of ether oxygens (including phenoxy) is 3. The zero-order valence-electron chi connectivity index (χ0n) is 35.0. The molecule has 7 rings (SSSR count). The Bertz CT molecular complexity index is 2280. The summed E-state index contributed by atoms with van der Waals surface area (Å²) in [5.41, 5.74) is 5.43. The van der Waals surface area contributed by atoms with Crippen LogP contribution in [0, 0.1) is 12.8 Å². The first-order valence-corrected chi connectivity index (χ1v) is 21.6. The summed E-state index contributed by atoms with van der Waals surface area (Å²) >= 11 is 1.45. The summed E-state index contributed by atoms with van der Waals surface area (Å²) in [5, 5.41) is 3.58. The average Bonchev–Trinajstić information content (AvgIpc) is 3.64. The maximum absolute atomic E-state index is 13.9. The van der Waals surface area contributed by atoms with Crippen molar-refractivity contribution in [2.45, 2.75) is 91.8 Å². The molecule has 11 nitrogen and oxygen atoms in total. The molecule has 0 radical (unpaired) electrons. The molecule has 0 bridgehead atoms. The van der Waals surface area contributed by atoms with Gasteiger partial charge in [0.25, 0.3) is 5.91 Å². The highest BCUT2D eigenvalue weighted by Gasteiger charge is 2.29. The number of esters is 2. The number of benzene rings is 3. The number of likely N-dealkylation sites (tertiary alicyclic amines) is 1.